The molecule has 0 unspecified atom stereocenters. The highest BCUT2D eigenvalue weighted by Gasteiger charge is 2.25. The number of nitrogens with one attached hydrogen (secondary N) is 1. The number of fused-ring (bicyclic) bond motifs is 1. The standard InChI is InChI=1S/C27H28FN5O4/c1-17-14-18(4-7-29-17)23-2-3-24(36-23)26(34)30-20-16-25-21(15-22(20)32-8-5-19(28)6-9-32)31-27(37-25)33-10-12-35-13-11-33/h2-4,7,14-16,19H,5-6,8-13H2,1H3,(H,30,34). The maximum absolute atomic E-state index is 13.9. The maximum atomic E-state index is 13.9. The molecule has 10 heteroatoms. The molecular formula is C27H28FN5O4. The van der Waals surface area contributed by atoms with E-state index in [-0.39, 0.29) is 11.7 Å². The Morgan fingerprint density at radius 3 is 2.62 bits per heavy atom. The number of alkyl halides is 1. The number of hydrogen-bond acceptors (Lipinski definition) is 8. The van der Waals surface area contributed by atoms with E-state index in [1.807, 2.05) is 30.0 Å². The number of morpholine rings is 1. The van der Waals surface area contributed by atoms with Gasteiger partial charge in [-0.25, -0.2) is 4.39 Å². The zero-order chi connectivity index (χ0) is 25.4. The zero-order valence-corrected chi connectivity index (χ0v) is 20.6. The largest absolute Gasteiger partial charge is 0.451 e. The first kappa shape index (κ1) is 23.5. The summed E-state index contributed by atoms with van der Waals surface area (Å²) in [5.41, 5.74) is 4.31. The number of rotatable bonds is 5. The third-order valence-corrected chi connectivity index (χ3v) is 6.80. The Kier molecular flexibility index (Phi) is 6.25. The van der Waals surface area contributed by atoms with E-state index < -0.39 is 6.17 Å². The van der Waals surface area contributed by atoms with Crippen LogP contribution in [0.5, 0.6) is 0 Å². The molecule has 3 aromatic heterocycles. The highest BCUT2D eigenvalue weighted by Crippen LogP contribution is 2.36. The number of benzene rings is 1. The summed E-state index contributed by atoms with van der Waals surface area (Å²) >= 11 is 0. The van der Waals surface area contributed by atoms with E-state index in [1.165, 1.54) is 0 Å². The molecule has 0 aliphatic carbocycles. The van der Waals surface area contributed by atoms with Crippen LogP contribution in [0.25, 0.3) is 22.4 Å². The van der Waals surface area contributed by atoms with Gasteiger partial charge in [0.05, 0.1) is 24.6 Å². The molecule has 6 rings (SSSR count). The minimum absolute atomic E-state index is 0.185. The van der Waals surface area contributed by atoms with Crippen molar-refractivity contribution in [1.82, 2.24) is 9.97 Å². The number of carbonyl (C=O) groups excluding carboxylic acids is 1. The lowest BCUT2D eigenvalue weighted by Gasteiger charge is -2.32. The fourth-order valence-corrected chi connectivity index (χ4v) is 4.79. The Hall–Kier alpha value is -3.92. The molecule has 192 valence electrons. The van der Waals surface area contributed by atoms with Gasteiger partial charge in [-0.15, -0.1) is 0 Å². The average Bonchev–Trinajstić information content (AvgIpc) is 3.57. The molecule has 1 amide bonds. The van der Waals surface area contributed by atoms with Crippen LogP contribution in [-0.4, -0.2) is 61.4 Å². The van der Waals surface area contributed by atoms with Crippen molar-refractivity contribution in [3.63, 3.8) is 0 Å². The van der Waals surface area contributed by atoms with Gasteiger partial charge >= 0.3 is 0 Å². The van der Waals surface area contributed by atoms with Crippen LogP contribution in [0.2, 0.25) is 0 Å². The maximum Gasteiger partial charge on any atom is 0.298 e. The van der Waals surface area contributed by atoms with Gasteiger partial charge in [0.2, 0.25) is 0 Å². The number of furan rings is 1. The van der Waals surface area contributed by atoms with Gasteiger partial charge in [0, 0.05) is 49.7 Å². The van der Waals surface area contributed by atoms with E-state index in [2.05, 4.69) is 15.2 Å². The molecular weight excluding hydrogens is 477 g/mol. The van der Waals surface area contributed by atoms with Crippen molar-refractivity contribution in [3.05, 3.63) is 54.0 Å². The van der Waals surface area contributed by atoms with E-state index in [9.17, 15) is 9.18 Å². The van der Waals surface area contributed by atoms with Gasteiger partial charge in [0.25, 0.3) is 11.9 Å². The van der Waals surface area contributed by atoms with E-state index in [0.29, 0.717) is 80.8 Å². The molecule has 4 aromatic rings. The lowest BCUT2D eigenvalue weighted by atomic mass is 10.1. The molecule has 2 aliphatic heterocycles. The Bertz CT molecular complexity index is 1420. The molecule has 0 radical (unpaired) electrons. The number of oxazole rings is 1. The zero-order valence-electron chi connectivity index (χ0n) is 20.6. The average molecular weight is 506 g/mol. The summed E-state index contributed by atoms with van der Waals surface area (Å²) in [7, 11) is 0. The Morgan fingerprint density at radius 2 is 1.84 bits per heavy atom. The number of aryl methyl sites for hydroxylation is 1. The van der Waals surface area contributed by atoms with Gasteiger partial charge in [-0.05, 0) is 50.1 Å². The van der Waals surface area contributed by atoms with E-state index in [0.717, 1.165) is 16.9 Å². The molecule has 9 nitrogen and oxygen atoms in total. The van der Waals surface area contributed by atoms with E-state index >= 15 is 0 Å². The Labute approximate surface area is 213 Å². The summed E-state index contributed by atoms with van der Waals surface area (Å²) in [6, 6.07) is 11.4. The van der Waals surface area contributed by atoms with Crippen LogP contribution < -0.4 is 15.1 Å². The number of nitrogens with zero attached hydrogens (tertiary/aromatic N) is 4. The second-order valence-corrected chi connectivity index (χ2v) is 9.40. The van der Waals surface area contributed by atoms with Gasteiger partial charge in [-0.3, -0.25) is 9.78 Å². The van der Waals surface area contributed by atoms with Crippen molar-refractivity contribution in [1.29, 1.82) is 0 Å². The van der Waals surface area contributed by atoms with Crippen LogP contribution in [0.4, 0.5) is 21.8 Å². The van der Waals surface area contributed by atoms with Crippen molar-refractivity contribution in [2.75, 3.05) is 54.5 Å². The minimum Gasteiger partial charge on any atom is -0.451 e. The van der Waals surface area contributed by atoms with E-state index in [4.69, 9.17) is 18.6 Å². The number of hydrogen-bond donors (Lipinski definition) is 1. The predicted octanol–water partition coefficient (Wildman–Crippen LogP) is 4.82. The molecule has 1 aromatic carbocycles. The second-order valence-electron chi connectivity index (χ2n) is 9.40. The van der Waals surface area contributed by atoms with Crippen molar-refractivity contribution in [2.24, 2.45) is 0 Å². The molecule has 0 atom stereocenters. The van der Waals surface area contributed by atoms with Gasteiger partial charge in [0.15, 0.2) is 11.3 Å². The van der Waals surface area contributed by atoms with Gasteiger partial charge in [-0.1, -0.05) is 0 Å². The van der Waals surface area contributed by atoms with Crippen LogP contribution in [-0.2, 0) is 4.74 Å². The highest BCUT2D eigenvalue weighted by molar-refractivity contribution is 6.06. The van der Waals surface area contributed by atoms with Crippen LogP contribution >= 0.6 is 0 Å². The molecule has 0 spiro atoms. The van der Waals surface area contributed by atoms with Crippen LogP contribution in [0.3, 0.4) is 0 Å². The molecule has 37 heavy (non-hydrogen) atoms. The second kappa shape index (κ2) is 9.85. The topological polar surface area (TPSA) is 96.9 Å². The smallest absolute Gasteiger partial charge is 0.298 e. The summed E-state index contributed by atoms with van der Waals surface area (Å²) in [6.45, 7) is 5.64. The molecule has 2 aliphatic rings. The summed E-state index contributed by atoms with van der Waals surface area (Å²) in [5.74, 6) is 0.386. The fourth-order valence-electron chi connectivity index (χ4n) is 4.79. The summed E-state index contributed by atoms with van der Waals surface area (Å²) in [6.07, 6.45) is 1.78. The Balaban J connectivity index is 1.31. The van der Waals surface area contributed by atoms with Crippen LogP contribution in [0, 0.1) is 6.92 Å². The van der Waals surface area contributed by atoms with Gasteiger partial charge < -0.3 is 28.7 Å². The molecule has 0 saturated carbocycles. The molecule has 5 heterocycles. The number of aromatic nitrogens is 2. The predicted molar refractivity (Wildman–Crippen MR) is 138 cm³/mol. The van der Waals surface area contributed by atoms with Gasteiger partial charge in [-0.2, -0.15) is 4.98 Å². The molecule has 0 bridgehead atoms. The highest BCUT2D eigenvalue weighted by atomic mass is 19.1. The number of anilines is 3. The lowest BCUT2D eigenvalue weighted by Crippen LogP contribution is -2.36. The quantitative estimate of drug-likeness (QED) is 0.413. The van der Waals surface area contributed by atoms with Crippen molar-refractivity contribution >= 4 is 34.4 Å². The fraction of sp³-hybridized carbons (Fsp3) is 0.370. The summed E-state index contributed by atoms with van der Waals surface area (Å²) in [4.78, 5) is 26.3. The summed E-state index contributed by atoms with van der Waals surface area (Å²) in [5, 5.41) is 2.99. The molecule has 2 saturated heterocycles. The van der Waals surface area contributed by atoms with Crippen LogP contribution in [0.1, 0.15) is 29.1 Å². The molecule has 1 N–H and O–H groups in total. The number of halogens is 1. The third-order valence-electron chi connectivity index (χ3n) is 6.80. The monoisotopic (exact) mass is 505 g/mol. The number of pyridine rings is 1. The number of piperidine rings is 1. The number of carbonyl (C=O) groups is 1. The molecule has 2 fully saturated rings. The van der Waals surface area contributed by atoms with Crippen LogP contribution in [0.15, 0.2) is 51.4 Å². The van der Waals surface area contributed by atoms with E-state index in [1.54, 1.807) is 24.4 Å². The first-order chi connectivity index (χ1) is 18.0. The number of ether oxygens (including phenoxy) is 1. The summed E-state index contributed by atoms with van der Waals surface area (Å²) < 4.78 is 31.3. The van der Waals surface area contributed by atoms with Crippen molar-refractivity contribution in [2.45, 2.75) is 25.9 Å². The first-order valence-corrected chi connectivity index (χ1v) is 12.5. The SMILES string of the molecule is Cc1cc(-c2ccc(C(=O)Nc3cc4oc(N5CCOCC5)nc4cc3N3CCC(F)CC3)o2)ccn1. The normalized spacial score (nSPS) is 16.9. The number of amides is 1. The first-order valence-electron chi connectivity index (χ1n) is 12.5. The lowest BCUT2D eigenvalue weighted by molar-refractivity contribution is 0.0997. The van der Waals surface area contributed by atoms with Crippen molar-refractivity contribution in [3.8, 4) is 11.3 Å². The van der Waals surface area contributed by atoms with Crippen molar-refractivity contribution < 1.29 is 22.8 Å². The third kappa shape index (κ3) is 4.89. The minimum atomic E-state index is -0.809. The van der Waals surface area contributed by atoms with Gasteiger partial charge in [0.1, 0.15) is 17.4 Å². The Morgan fingerprint density at radius 1 is 1.03 bits per heavy atom.